The Bertz CT molecular complexity index is 720. The van der Waals surface area contributed by atoms with Gasteiger partial charge in [-0.15, -0.1) is 24.0 Å². The van der Waals surface area contributed by atoms with Gasteiger partial charge in [0.05, 0.1) is 25.3 Å². The number of nitrogens with zero attached hydrogens (tertiary/aromatic N) is 2. The third-order valence-electron chi connectivity index (χ3n) is 4.09. The number of rotatable bonds is 3. The highest BCUT2D eigenvalue weighted by Crippen LogP contribution is 2.32. The van der Waals surface area contributed by atoms with Gasteiger partial charge in [0.2, 0.25) is 5.91 Å². The van der Waals surface area contributed by atoms with Gasteiger partial charge in [0.15, 0.2) is 5.96 Å². The summed E-state index contributed by atoms with van der Waals surface area (Å²) < 4.78 is 44.6. The van der Waals surface area contributed by atoms with Crippen molar-refractivity contribution >= 4 is 35.8 Å². The largest absolute Gasteiger partial charge is 0.416 e. The van der Waals surface area contributed by atoms with Gasteiger partial charge in [0, 0.05) is 19.1 Å². The number of benzene rings is 1. The number of amides is 1. The van der Waals surface area contributed by atoms with Gasteiger partial charge >= 0.3 is 6.18 Å². The molecule has 164 valence electrons. The number of halogens is 4. The molecule has 0 aromatic heterocycles. The molecule has 0 radical (unpaired) electrons. The van der Waals surface area contributed by atoms with Gasteiger partial charge < -0.3 is 20.3 Å². The Labute approximate surface area is 186 Å². The predicted octanol–water partition coefficient (Wildman–Crippen LogP) is 3.19. The molecule has 1 aromatic carbocycles. The molecule has 6 nitrogen and oxygen atoms in total. The number of ether oxygens (including phenoxy) is 1. The van der Waals surface area contributed by atoms with Crippen LogP contribution < -0.4 is 10.6 Å². The van der Waals surface area contributed by atoms with Crippen molar-refractivity contribution in [1.29, 1.82) is 0 Å². The Balaban J connectivity index is 0.00000420. The Morgan fingerprint density at radius 3 is 2.59 bits per heavy atom. The van der Waals surface area contributed by atoms with Crippen molar-refractivity contribution in [2.45, 2.75) is 38.6 Å². The first-order valence-corrected chi connectivity index (χ1v) is 9.05. The number of carbonyl (C=O) groups excluding carboxylic acids is 1. The molecule has 2 rings (SSSR count). The molecule has 1 aliphatic heterocycles. The summed E-state index contributed by atoms with van der Waals surface area (Å²) in [7, 11) is 1.60. The fourth-order valence-electron chi connectivity index (χ4n) is 2.91. The van der Waals surface area contributed by atoms with Crippen LogP contribution in [0.5, 0.6) is 0 Å². The summed E-state index contributed by atoms with van der Waals surface area (Å²) in [4.78, 5) is 18.1. The summed E-state index contributed by atoms with van der Waals surface area (Å²) in [6.45, 7) is 6.92. The molecule has 1 aliphatic rings. The van der Waals surface area contributed by atoms with Crippen LogP contribution >= 0.6 is 24.0 Å². The van der Waals surface area contributed by atoms with Gasteiger partial charge in [-0.1, -0.05) is 12.1 Å². The zero-order valence-corrected chi connectivity index (χ0v) is 19.3. The first-order valence-electron chi connectivity index (χ1n) is 9.05. The van der Waals surface area contributed by atoms with Gasteiger partial charge in [0.1, 0.15) is 6.10 Å². The van der Waals surface area contributed by atoms with Crippen molar-refractivity contribution in [1.82, 2.24) is 15.5 Å². The van der Waals surface area contributed by atoms with Crippen LogP contribution in [0.2, 0.25) is 0 Å². The van der Waals surface area contributed by atoms with Gasteiger partial charge in [-0.3, -0.25) is 9.79 Å². The molecule has 0 bridgehead atoms. The maximum atomic E-state index is 13.0. The van der Waals surface area contributed by atoms with E-state index in [2.05, 4.69) is 15.6 Å². The lowest BCUT2D eigenvalue weighted by Gasteiger charge is -2.35. The van der Waals surface area contributed by atoms with Gasteiger partial charge in [-0.25, -0.2) is 0 Å². The topological polar surface area (TPSA) is 66.0 Å². The highest BCUT2D eigenvalue weighted by molar-refractivity contribution is 14.0. The fourth-order valence-corrected chi connectivity index (χ4v) is 2.91. The lowest BCUT2D eigenvalue weighted by Crippen LogP contribution is -2.51. The van der Waals surface area contributed by atoms with E-state index in [0.29, 0.717) is 31.2 Å². The lowest BCUT2D eigenvalue weighted by atomic mass is 10.0. The SMILES string of the molecule is CN=C(NCC(=O)NC(C)(C)C)N1CCOC(c2cccc(C(F)(F)F)c2)C1.I. The van der Waals surface area contributed by atoms with Crippen LogP contribution in [-0.4, -0.2) is 55.6 Å². The van der Waals surface area contributed by atoms with E-state index in [1.165, 1.54) is 6.07 Å². The van der Waals surface area contributed by atoms with Crippen molar-refractivity contribution in [3.05, 3.63) is 35.4 Å². The van der Waals surface area contributed by atoms with E-state index in [-0.39, 0.29) is 42.0 Å². The highest BCUT2D eigenvalue weighted by atomic mass is 127. The molecule has 0 aliphatic carbocycles. The number of hydrogen-bond donors (Lipinski definition) is 2. The molecule has 10 heteroatoms. The smallest absolute Gasteiger partial charge is 0.370 e. The van der Waals surface area contributed by atoms with Crippen molar-refractivity contribution in [2.24, 2.45) is 4.99 Å². The molecule has 0 saturated carbocycles. The van der Waals surface area contributed by atoms with Crippen LogP contribution in [0.1, 0.15) is 38.0 Å². The molecule has 1 aromatic rings. The molecule has 1 saturated heterocycles. The Hall–Kier alpha value is -1.56. The van der Waals surface area contributed by atoms with Gasteiger partial charge in [-0.05, 0) is 38.5 Å². The van der Waals surface area contributed by atoms with Crippen LogP contribution in [0.25, 0.3) is 0 Å². The standard InChI is InChI=1S/C19H27F3N4O2.HI/c1-18(2,3)25-16(27)11-24-17(23-4)26-8-9-28-15(12-26)13-6-5-7-14(10-13)19(20,21)22;/h5-7,10,15H,8-9,11-12H2,1-4H3,(H,23,24)(H,25,27);1H. The van der Waals surface area contributed by atoms with Crippen molar-refractivity contribution in [2.75, 3.05) is 33.3 Å². The molecule has 1 heterocycles. The lowest BCUT2D eigenvalue weighted by molar-refractivity contribution is -0.137. The van der Waals surface area contributed by atoms with Crippen LogP contribution in [0.3, 0.4) is 0 Å². The van der Waals surface area contributed by atoms with Crippen molar-refractivity contribution in [3.63, 3.8) is 0 Å². The van der Waals surface area contributed by atoms with E-state index < -0.39 is 17.8 Å². The fraction of sp³-hybridized carbons (Fsp3) is 0.579. The van der Waals surface area contributed by atoms with Gasteiger partial charge in [-0.2, -0.15) is 13.2 Å². The molecule has 0 spiro atoms. The minimum absolute atomic E-state index is 0. The Morgan fingerprint density at radius 1 is 1.31 bits per heavy atom. The number of nitrogens with one attached hydrogen (secondary N) is 2. The Morgan fingerprint density at radius 2 is 2.00 bits per heavy atom. The first-order chi connectivity index (χ1) is 13.0. The van der Waals surface area contributed by atoms with E-state index in [1.807, 2.05) is 25.7 Å². The van der Waals surface area contributed by atoms with Crippen LogP contribution in [-0.2, 0) is 15.7 Å². The maximum absolute atomic E-state index is 13.0. The second-order valence-electron chi connectivity index (χ2n) is 7.63. The minimum Gasteiger partial charge on any atom is -0.370 e. The summed E-state index contributed by atoms with van der Waals surface area (Å²) in [5.41, 5.74) is -0.580. The predicted molar refractivity (Wildman–Crippen MR) is 116 cm³/mol. The van der Waals surface area contributed by atoms with Gasteiger partial charge in [0.25, 0.3) is 0 Å². The van der Waals surface area contributed by atoms with E-state index in [1.54, 1.807) is 13.1 Å². The van der Waals surface area contributed by atoms with Crippen LogP contribution in [0, 0.1) is 0 Å². The molecule has 1 fully saturated rings. The number of morpholine rings is 1. The summed E-state index contributed by atoms with van der Waals surface area (Å²) >= 11 is 0. The number of guanidine groups is 1. The van der Waals surface area contributed by atoms with E-state index in [4.69, 9.17) is 4.74 Å². The molecule has 1 amide bonds. The first kappa shape index (κ1) is 25.5. The summed E-state index contributed by atoms with van der Waals surface area (Å²) in [6, 6.07) is 5.15. The summed E-state index contributed by atoms with van der Waals surface area (Å²) in [6.07, 6.45) is -4.92. The van der Waals surface area contributed by atoms with Crippen LogP contribution in [0.15, 0.2) is 29.3 Å². The molecule has 2 N–H and O–H groups in total. The molecule has 1 atom stereocenters. The number of carbonyl (C=O) groups is 1. The zero-order valence-electron chi connectivity index (χ0n) is 17.0. The van der Waals surface area contributed by atoms with Crippen molar-refractivity contribution in [3.8, 4) is 0 Å². The quantitative estimate of drug-likeness (QED) is 0.360. The third-order valence-corrected chi connectivity index (χ3v) is 4.09. The van der Waals surface area contributed by atoms with Crippen molar-refractivity contribution < 1.29 is 22.7 Å². The molecular formula is C19H28F3IN4O2. The van der Waals surface area contributed by atoms with E-state index in [0.717, 1.165) is 12.1 Å². The molecular weight excluding hydrogens is 500 g/mol. The number of aliphatic imine (C=N–C) groups is 1. The highest BCUT2D eigenvalue weighted by Gasteiger charge is 2.32. The normalized spacial score (nSPS) is 18.1. The average molecular weight is 528 g/mol. The summed E-state index contributed by atoms with van der Waals surface area (Å²) in [5, 5.41) is 5.85. The molecule has 1 unspecified atom stereocenters. The number of alkyl halides is 3. The average Bonchev–Trinajstić information content (AvgIpc) is 2.60. The van der Waals surface area contributed by atoms with E-state index >= 15 is 0 Å². The molecule has 29 heavy (non-hydrogen) atoms. The second kappa shape index (κ2) is 10.5. The second-order valence-corrected chi connectivity index (χ2v) is 7.63. The minimum atomic E-state index is -4.40. The number of hydrogen-bond acceptors (Lipinski definition) is 3. The van der Waals surface area contributed by atoms with E-state index in [9.17, 15) is 18.0 Å². The summed E-state index contributed by atoms with van der Waals surface area (Å²) in [5.74, 6) is 0.334. The zero-order chi connectivity index (χ0) is 20.9. The monoisotopic (exact) mass is 528 g/mol. The Kier molecular flexibility index (Phi) is 9.19. The third kappa shape index (κ3) is 8.00. The van der Waals surface area contributed by atoms with Crippen LogP contribution in [0.4, 0.5) is 13.2 Å². The maximum Gasteiger partial charge on any atom is 0.416 e.